The van der Waals surface area contributed by atoms with Gasteiger partial charge in [0.05, 0.1) is 0 Å². The van der Waals surface area contributed by atoms with E-state index in [0.717, 1.165) is 25.3 Å². The second-order valence-corrected chi connectivity index (χ2v) is 4.34. The second-order valence-electron chi connectivity index (χ2n) is 4.34. The topological polar surface area (TPSA) is 78.9 Å². The maximum absolute atomic E-state index is 7.49. The van der Waals surface area contributed by atoms with Gasteiger partial charge in [-0.15, -0.1) is 0 Å². The predicted molar refractivity (Wildman–Crippen MR) is 63.7 cm³/mol. The van der Waals surface area contributed by atoms with Gasteiger partial charge < -0.3 is 10.6 Å². The third-order valence-corrected chi connectivity index (χ3v) is 2.89. The summed E-state index contributed by atoms with van der Waals surface area (Å²) in [5.41, 5.74) is 6.01. The Balaban J connectivity index is 2.28. The van der Waals surface area contributed by atoms with Crippen LogP contribution in [0.3, 0.4) is 0 Å². The van der Waals surface area contributed by atoms with Crippen molar-refractivity contribution < 1.29 is 0 Å². The Morgan fingerprint density at radius 2 is 2.25 bits per heavy atom. The van der Waals surface area contributed by atoms with Crippen LogP contribution in [0.15, 0.2) is 12.4 Å². The maximum atomic E-state index is 7.49. The summed E-state index contributed by atoms with van der Waals surface area (Å²) in [6.07, 6.45) is 5.65. The maximum Gasteiger partial charge on any atom is 0.158 e. The zero-order chi connectivity index (χ0) is 11.5. The summed E-state index contributed by atoms with van der Waals surface area (Å²) in [5.74, 6) is 1.40. The number of anilines is 1. The highest BCUT2D eigenvalue weighted by Gasteiger charge is 2.21. The summed E-state index contributed by atoms with van der Waals surface area (Å²) in [5, 5.41) is 7.49. The van der Waals surface area contributed by atoms with Crippen LogP contribution in [0.5, 0.6) is 0 Å². The van der Waals surface area contributed by atoms with Crippen molar-refractivity contribution in [3.05, 3.63) is 18.1 Å². The molecule has 5 heteroatoms. The van der Waals surface area contributed by atoms with E-state index in [1.54, 1.807) is 12.4 Å². The van der Waals surface area contributed by atoms with Crippen molar-refractivity contribution in [3.8, 4) is 0 Å². The second kappa shape index (κ2) is 4.47. The van der Waals surface area contributed by atoms with Crippen molar-refractivity contribution in [1.82, 2.24) is 9.97 Å². The van der Waals surface area contributed by atoms with Gasteiger partial charge in [0.1, 0.15) is 11.5 Å². The highest BCUT2D eigenvalue weighted by Crippen LogP contribution is 2.22. The molecule has 0 saturated carbocycles. The number of hydrogen-bond donors (Lipinski definition) is 2. The fourth-order valence-electron chi connectivity index (χ4n) is 2.13. The number of aromatic nitrogens is 2. The Morgan fingerprint density at radius 3 is 2.94 bits per heavy atom. The van der Waals surface area contributed by atoms with Crippen LogP contribution in [0.2, 0.25) is 0 Å². The molecule has 3 N–H and O–H groups in total. The van der Waals surface area contributed by atoms with Crippen LogP contribution in [0.25, 0.3) is 0 Å². The highest BCUT2D eigenvalue weighted by molar-refractivity contribution is 5.97. The van der Waals surface area contributed by atoms with Crippen molar-refractivity contribution in [2.45, 2.75) is 19.8 Å². The molecule has 1 fully saturated rings. The van der Waals surface area contributed by atoms with Crippen molar-refractivity contribution >= 4 is 11.7 Å². The first kappa shape index (κ1) is 10.9. The molecule has 0 amide bonds. The molecule has 1 atom stereocenters. The van der Waals surface area contributed by atoms with Crippen molar-refractivity contribution in [2.75, 3.05) is 18.0 Å². The van der Waals surface area contributed by atoms with E-state index in [2.05, 4.69) is 21.8 Å². The Kier molecular flexibility index (Phi) is 3.03. The molecule has 5 nitrogen and oxygen atoms in total. The van der Waals surface area contributed by atoms with Gasteiger partial charge in [0.25, 0.3) is 0 Å². The molecule has 86 valence electrons. The molecule has 0 aromatic carbocycles. The van der Waals surface area contributed by atoms with E-state index in [9.17, 15) is 0 Å². The molecular formula is C11H17N5. The fourth-order valence-corrected chi connectivity index (χ4v) is 2.13. The highest BCUT2D eigenvalue weighted by atomic mass is 15.2. The lowest BCUT2D eigenvalue weighted by molar-refractivity contribution is 0.444. The lowest BCUT2D eigenvalue weighted by atomic mass is 10.0. The van der Waals surface area contributed by atoms with E-state index in [0.29, 0.717) is 11.6 Å². The van der Waals surface area contributed by atoms with Crippen molar-refractivity contribution in [1.29, 1.82) is 5.41 Å². The monoisotopic (exact) mass is 219 g/mol. The minimum Gasteiger partial charge on any atom is -0.382 e. The first-order chi connectivity index (χ1) is 7.68. The third-order valence-electron chi connectivity index (χ3n) is 2.89. The molecule has 0 spiro atoms. The first-order valence-corrected chi connectivity index (χ1v) is 5.59. The zero-order valence-corrected chi connectivity index (χ0v) is 9.48. The predicted octanol–water partition coefficient (Wildman–Crippen LogP) is 0.997. The minimum atomic E-state index is -0.0127. The zero-order valence-electron chi connectivity index (χ0n) is 9.48. The number of nitrogens with two attached hydrogens (primary N) is 1. The van der Waals surface area contributed by atoms with Crippen molar-refractivity contribution in [2.24, 2.45) is 11.7 Å². The molecule has 2 heterocycles. The Hall–Kier alpha value is -1.65. The summed E-state index contributed by atoms with van der Waals surface area (Å²) in [6, 6.07) is 0. The fraction of sp³-hybridized carbons (Fsp3) is 0.545. The average molecular weight is 219 g/mol. The molecular weight excluding hydrogens is 202 g/mol. The SMILES string of the molecule is CC1CCCN(c2nccnc2C(=N)N)C1. The molecule has 2 rings (SSSR count). The summed E-state index contributed by atoms with van der Waals surface area (Å²) in [7, 11) is 0. The normalized spacial score (nSPS) is 20.8. The van der Waals surface area contributed by atoms with E-state index in [1.807, 2.05) is 0 Å². The van der Waals surface area contributed by atoms with E-state index in [1.165, 1.54) is 6.42 Å². The van der Waals surface area contributed by atoms with Gasteiger partial charge in [-0.05, 0) is 18.8 Å². The quantitative estimate of drug-likeness (QED) is 0.574. The number of nitrogen functional groups attached to an aromatic ring is 1. The van der Waals surface area contributed by atoms with Crippen LogP contribution in [0.1, 0.15) is 25.5 Å². The van der Waals surface area contributed by atoms with Gasteiger partial charge in [-0.1, -0.05) is 6.92 Å². The number of amidine groups is 1. The van der Waals surface area contributed by atoms with Gasteiger partial charge in [-0.25, -0.2) is 9.97 Å². The summed E-state index contributed by atoms with van der Waals surface area (Å²) >= 11 is 0. The number of rotatable bonds is 2. The molecule has 1 aliphatic heterocycles. The summed E-state index contributed by atoms with van der Waals surface area (Å²) < 4.78 is 0. The Bertz CT molecular complexity index is 390. The van der Waals surface area contributed by atoms with Crippen LogP contribution in [0, 0.1) is 11.3 Å². The van der Waals surface area contributed by atoms with Crippen LogP contribution >= 0.6 is 0 Å². The number of nitrogens with zero attached hydrogens (tertiary/aromatic N) is 3. The average Bonchev–Trinajstić information content (AvgIpc) is 2.29. The molecule has 1 saturated heterocycles. The number of nitrogens with one attached hydrogen (secondary N) is 1. The van der Waals surface area contributed by atoms with E-state index >= 15 is 0 Å². The molecule has 1 unspecified atom stereocenters. The summed E-state index contributed by atoms with van der Waals surface area (Å²) in [4.78, 5) is 10.6. The number of hydrogen-bond acceptors (Lipinski definition) is 4. The van der Waals surface area contributed by atoms with Crippen LogP contribution in [-0.2, 0) is 0 Å². The molecule has 1 aromatic heterocycles. The largest absolute Gasteiger partial charge is 0.382 e. The third kappa shape index (κ3) is 2.13. The van der Waals surface area contributed by atoms with E-state index < -0.39 is 0 Å². The molecule has 0 aliphatic carbocycles. The van der Waals surface area contributed by atoms with Gasteiger partial charge in [-0.2, -0.15) is 0 Å². The first-order valence-electron chi connectivity index (χ1n) is 5.59. The molecule has 16 heavy (non-hydrogen) atoms. The van der Waals surface area contributed by atoms with Gasteiger partial charge in [-0.3, -0.25) is 5.41 Å². The van der Waals surface area contributed by atoms with Gasteiger partial charge in [0.15, 0.2) is 5.82 Å². The summed E-state index contributed by atoms with van der Waals surface area (Å²) in [6.45, 7) is 4.18. The van der Waals surface area contributed by atoms with Gasteiger partial charge in [0.2, 0.25) is 0 Å². The smallest absolute Gasteiger partial charge is 0.158 e. The lowest BCUT2D eigenvalue weighted by Gasteiger charge is -2.32. The van der Waals surface area contributed by atoms with Crippen LogP contribution in [0.4, 0.5) is 5.82 Å². The van der Waals surface area contributed by atoms with Gasteiger partial charge in [0, 0.05) is 25.5 Å². The number of piperidine rings is 1. The van der Waals surface area contributed by atoms with E-state index in [-0.39, 0.29) is 5.84 Å². The standard InChI is InChI=1S/C11H17N5/c1-8-3-2-6-16(7-8)11-9(10(12)13)14-4-5-15-11/h4-5,8H,2-3,6-7H2,1H3,(H3,12,13). The van der Waals surface area contributed by atoms with Gasteiger partial charge >= 0.3 is 0 Å². The minimum absolute atomic E-state index is 0.0127. The molecule has 1 aliphatic rings. The Morgan fingerprint density at radius 1 is 1.50 bits per heavy atom. The van der Waals surface area contributed by atoms with Crippen LogP contribution in [-0.4, -0.2) is 28.9 Å². The molecule has 0 radical (unpaired) electrons. The lowest BCUT2D eigenvalue weighted by Crippen LogP contribution is -2.36. The Labute approximate surface area is 95.2 Å². The van der Waals surface area contributed by atoms with Crippen LogP contribution < -0.4 is 10.6 Å². The van der Waals surface area contributed by atoms with E-state index in [4.69, 9.17) is 11.1 Å². The molecule has 1 aromatic rings. The molecule has 0 bridgehead atoms. The van der Waals surface area contributed by atoms with Crippen molar-refractivity contribution in [3.63, 3.8) is 0 Å².